The number of carbonyl (C=O) groups is 2. The van der Waals surface area contributed by atoms with E-state index in [0.29, 0.717) is 27.8 Å². The molecule has 0 saturated carbocycles. The second-order valence-electron chi connectivity index (χ2n) is 9.41. The smallest absolute Gasteiger partial charge is 0.261 e. The van der Waals surface area contributed by atoms with E-state index >= 15 is 0 Å². The Labute approximate surface area is 207 Å². The minimum absolute atomic E-state index is 0.0289. The lowest BCUT2D eigenvalue weighted by Gasteiger charge is -2.31. The Balaban J connectivity index is 2.23. The van der Waals surface area contributed by atoms with Crippen LogP contribution in [0.5, 0.6) is 5.75 Å². The van der Waals surface area contributed by atoms with E-state index in [1.807, 2.05) is 45.0 Å². The molecule has 0 unspecified atom stereocenters. The summed E-state index contributed by atoms with van der Waals surface area (Å²) in [6.07, 6.45) is 0.454. The molecule has 7 heteroatoms. The van der Waals surface area contributed by atoms with E-state index in [1.54, 1.807) is 18.2 Å². The second-order valence-corrected chi connectivity index (χ2v) is 10.3. The number of amides is 2. The molecule has 0 saturated heterocycles. The molecule has 0 aromatic heterocycles. The van der Waals surface area contributed by atoms with Crippen molar-refractivity contribution in [3.63, 3.8) is 0 Å². The van der Waals surface area contributed by atoms with Crippen LogP contribution in [0, 0.1) is 0 Å². The molecule has 0 radical (unpaired) electrons. The Morgan fingerprint density at radius 3 is 2.21 bits per heavy atom. The topological polar surface area (TPSA) is 58.6 Å². The highest BCUT2D eigenvalue weighted by atomic mass is 35.5. The molecule has 2 aromatic carbocycles. The molecule has 5 nitrogen and oxygen atoms in total. The third-order valence-electron chi connectivity index (χ3n) is 5.26. The van der Waals surface area contributed by atoms with Crippen molar-refractivity contribution in [3.05, 3.63) is 63.6 Å². The van der Waals surface area contributed by atoms with E-state index in [0.717, 1.165) is 0 Å². The van der Waals surface area contributed by atoms with Crippen molar-refractivity contribution >= 4 is 35.0 Å². The van der Waals surface area contributed by atoms with Gasteiger partial charge < -0.3 is 15.0 Å². The molecule has 1 atom stereocenters. The van der Waals surface area contributed by atoms with Crippen molar-refractivity contribution in [1.82, 2.24) is 10.2 Å². The van der Waals surface area contributed by atoms with Gasteiger partial charge in [-0.2, -0.15) is 0 Å². The normalized spacial score (nSPS) is 12.4. The molecule has 33 heavy (non-hydrogen) atoms. The zero-order chi connectivity index (χ0) is 24.8. The second kappa shape index (κ2) is 11.8. The van der Waals surface area contributed by atoms with Crippen LogP contribution >= 0.6 is 23.2 Å². The van der Waals surface area contributed by atoms with Crippen molar-refractivity contribution in [2.75, 3.05) is 6.61 Å². The first-order chi connectivity index (χ1) is 15.4. The minimum Gasteiger partial charge on any atom is -0.484 e. The summed E-state index contributed by atoms with van der Waals surface area (Å²) in [6, 6.07) is 12.1. The summed E-state index contributed by atoms with van der Waals surface area (Å²) in [5, 5.41) is 3.86. The summed E-state index contributed by atoms with van der Waals surface area (Å²) in [5.74, 6) is 0.0904. The number of nitrogens with one attached hydrogen (secondary N) is 1. The van der Waals surface area contributed by atoms with Crippen LogP contribution in [-0.4, -0.2) is 35.4 Å². The van der Waals surface area contributed by atoms with Crippen LogP contribution in [0.15, 0.2) is 42.5 Å². The molecule has 2 rings (SSSR count). The maximum atomic E-state index is 13.3. The lowest BCUT2D eigenvalue weighted by atomic mass is 9.87. The van der Waals surface area contributed by atoms with Crippen molar-refractivity contribution < 1.29 is 14.3 Å². The Hall–Kier alpha value is -2.24. The predicted molar refractivity (Wildman–Crippen MR) is 135 cm³/mol. The number of ether oxygens (including phenoxy) is 1. The molecule has 0 bridgehead atoms. The van der Waals surface area contributed by atoms with E-state index in [4.69, 9.17) is 27.9 Å². The van der Waals surface area contributed by atoms with Gasteiger partial charge in [0.1, 0.15) is 11.8 Å². The number of halogens is 2. The summed E-state index contributed by atoms with van der Waals surface area (Å²) >= 11 is 12.4. The summed E-state index contributed by atoms with van der Waals surface area (Å²) < 4.78 is 5.78. The van der Waals surface area contributed by atoms with Crippen LogP contribution in [0.2, 0.25) is 10.0 Å². The fourth-order valence-electron chi connectivity index (χ4n) is 3.41. The number of nitrogens with zero attached hydrogens (tertiary/aromatic N) is 1. The zero-order valence-electron chi connectivity index (χ0n) is 20.2. The van der Waals surface area contributed by atoms with Crippen molar-refractivity contribution in [2.45, 2.75) is 72.0 Å². The van der Waals surface area contributed by atoms with Crippen LogP contribution in [0.3, 0.4) is 0 Å². The van der Waals surface area contributed by atoms with Gasteiger partial charge in [0.05, 0.1) is 0 Å². The van der Waals surface area contributed by atoms with E-state index in [1.165, 1.54) is 10.5 Å². The van der Waals surface area contributed by atoms with Gasteiger partial charge in [-0.25, -0.2) is 0 Å². The monoisotopic (exact) mass is 492 g/mol. The largest absolute Gasteiger partial charge is 0.484 e. The quantitative estimate of drug-likeness (QED) is 0.466. The predicted octanol–water partition coefficient (Wildman–Crippen LogP) is 6.00. The molecule has 0 aliphatic carbocycles. The van der Waals surface area contributed by atoms with Crippen LogP contribution in [-0.2, 0) is 21.5 Å². The van der Waals surface area contributed by atoms with E-state index in [-0.39, 0.29) is 36.4 Å². The summed E-state index contributed by atoms with van der Waals surface area (Å²) in [5.41, 5.74) is 1.91. The average Bonchev–Trinajstić information content (AvgIpc) is 2.72. The number of carbonyl (C=O) groups excluding carboxylic acids is 2. The highest BCUT2D eigenvalue weighted by Gasteiger charge is 2.29. The first kappa shape index (κ1) is 27.0. The van der Waals surface area contributed by atoms with E-state index < -0.39 is 6.04 Å². The molecule has 0 spiro atoms. The lowest BCUT2D eigenvalue weighted by molar-refractivity contribution is -0.143. The number of rotatable bonds is 9. The SMILES string of the molecule is CC[C@H](C(=O)NC(C)C)N(Cc1ccc(Cl)cc1Cl)C(=O)COc1ccc(C(C)(C)C)cc1. The third kappa shape index (κ3) is 7.94. The van der Waals surface area contributed by atoms with Crippen molar-refractivity contribution in [1.29, 1.82) is 0 Å². The Bertz CT molecular complexity index is 953. The fourth-order valence-corrected chi connectivity index (χ4v) is 3.88. The molecular formula is C26H34Cl2N2O3. The van der Waals surface area contributed by atoms with E-state index in [2.05, 4.69) is 26.1 Å². The van der Waals surface area contributed by atoms with Crippen molar-refractivity contribution in [2.24, 2.45) is 0 Å². The molecule has 2 aromatic rings. The zero-order valence-corrected chi connectivity index (χ0v) is 21.8. The van der Waals surface area contributed by atoms with Crippen LogP contribution in [0.25, 0.3) is 0 Å². The van der Waals surface area contributed by atoms with Crippen molar-refractivity contribution in [3.8, 4) is 5.75 Å². The average molecular weight is 493 g/mol. The molecule has 0 fully saturated rings. The molecule has 2 amide bonds. The van der Waals surface area contributed by atoms with Gasteiger partial charge in [-0.05, 0) is 61.1 Å². The first-order valence-corrected chi connectivity index (χ1v) is 11.9. The Morgan fingerprint density at radius 2 is 1.70 bits per heavy atom. The standard InChI is InChI=1S/C26H34Cl2N2O3/c1-7-23(25(32)29-17(2)3)30(15-18-8-11-20(27)14-22(18)28)24(31)16-33-21-12-9-19(10-13-21)26(4,5)6/h8-14,17,23H,7,15-16H2,1-6H3,(H,29,32)/t23-/m1/s1. The molecule has 1 N–H and O–H groups in total. The van der Waals surface area contributed by atoms with Gasteiger partial charge in [-0.1, -0.05) is 69.1 Å². The van der Waals surface area contributed by atoms with Gasteiger partial charge in [0.25, 0.3) is 5.91 Å². The Morgan fingerprint density at radius 1 is 1.06 bits per heavy atom. The van der Waals surface area contributed by atoms with Gasteiger partial charge in [0.15, 0.2) is 6.61 Å². The third-order valence-corrected chi connectivity index (χ3v) is 5.84. The molecule has 0 aliphatic heterocycles. The lowest BCUT2D eigenvalue weighted by Crippen LogP contribution is -2.51. The van der Waals surface area contributed by atoms with Gasteiger partial charge >= 0.3 is 0 Å². The highest BCUT2D eigenvalue weighted by molar-refractivity contribution is 6.35. The molecule has 180 valence electrons. The van der Waals surface area contributed by atoms with Crippen LogP contribution in [0.4, 0.5) is 0 Å². The van der Waals surface area contributed by atoms with Crippen LogP contribution < -0.4 is 10.1 Å². The van der Waals surface area contributed by atoms with Gasteiger partial charge in [0.2, 0.25) is 5.91 Å². The summed E-state index contributed by atoms with van der Waals surface area (Å²) in [4.78, 5) is 27.7. The maximum Gasteiger partial charge on any atom is 0.261 e. The summed E-state index contributed by atoms with van der Waals surface area (Å²) in [6.45, 7) is 12.0. The van der Waals surface area contributed by atoms with Gasteiger partial charge in [-0.3, -0.25) is 9.59 Å². The molecular weight excluding hydrogens is 459 g/mol. The minimum atomic E-state index is -0.654. The number of benzene rings is 2. The van der Waals surface area contributed by atoms with Gasteiger partial charge in [0, 0.05) is 22.6 Å². The van der Waals surface area contributed by atoms with E-state index in [9.17, 15) is 9.59 Å². The maximum absolute atomic E-state index is 13.3. The molecule has 0 heterocycles. The number of hydrogen-bond acceptors (Lipinski definition) is 3. The fraction of sp³-hybridized carbons (Fsp3) is 0.462. The Kier molecular flexibility index (Phi) is 9.62. The van der Waals surface area contributed by atoms with Gasteiger partial charge in [-0.15, -0.1) is 0 Å². The van der Waals surface area contributed by atoms with Crippen LogP contribution in [0.1, 0.15) is 59.1 Å². The number of hydrogen-bond donors (Lipinski definition) is 1. The summed E-state index contributed by atoms with van der Waals surface area (Å²) in [7, 11) is 0. The first-order valence-electron chi connectivity index (χ1n) is 11.2. The molecule has 0 aliphatic rings. The highest BCUT2D eigenvalue weighted by Crippen LogP contribution is 2.25.